The molecule has 0 heterocycles. The fourth-order valence-corrected chi connectivity index (χ4v) is 1.61. The first-order chi connectivity index (χ1) is 8.54. The number of benzene rings is 1. The summed E-state index contributed by atoms with van der Waals surface area (Å²) in [5, 5.41) is 19.8. The molecule has 0 saturated heterocycles. The van der Waals surface area contributed by atoms with Gasteiger partial charge in [0.1, 0.15) is 5.56 Å². The number of hydrogen-bond donors (Lipinski definition) is 0. The van der Waals surface area contributed by atoms with Crippen molar-refractivity contribution < 1.29 is 14.5 Å². The van der Waals surface area contributed by atoms with Crippen LogP contribution in [0.2, 0.25) is 0 Å². The Hall–Kier alpha value is -2.42. The Balaban J connectivity index is 3.50. The zero-order valence-corrected chi connectivity index (χ0v) is 10.1. The summed E-state index contributed by atoms with van der Waals surface area (Å²) in [4.78, 5) is 22.0. The fourth-order valence-electron chi connectivity index (χ4n) is 1.61. The van der Waals surface area contributed by atoms with Crippen molar-refractivity contribution in [3.05, 3.63) is 38.9 Å². The number of nitrogens with zero attached hydrogens (tertiary/aromatic N) is 2. The Kier molecular flexibility index (Phi) is 4.38. The largest absolute Gasteiger partial charge is 0.462 e. The molecule has 6 heteroatoms. The van der Waals surface area contributed by atoms with Crippen LogP contribution < -0.4 is 0 Å². The molecule has 94 valence electrons. The summed E-state index contributed by atoms with van der Waals surface area (Å²) >= 11 is 0. The van der Waals surface area contributed by atoms with Gasteiger partial charge in [0.15, 0.2) is 0 Å². The third kappa shape index (κ3) is 2.63. The number of aryl methyl sites for hydroxylation is 1. The van der Waals surface area contributed by atoms with Gasteiger partial charge in [0.2, 0.25) is 0 Å². The number of ether oxygens (including phenoxy) is 1. The second kappa shape index (κ2) is 5.77. The van der Waals surface area contributed by atoms with Crippen LogP contribution in [0.4, 0.5) is 5.69 Å². The number of nitro groups is 1. The highest BCUT2D eigenvalue weighted by molar-refractivity contribution is 5.96. The molecule has 1 aromatic carbocycles. The fraction of sp³-hybridized carbons (Fsp3) is 0.333. The Morgan fingerprint density at radius 1 is 1.50 bits per heavy atom. The van der Waals surface area contributed by atoms with Gasteiger partial charge < -0.3 is 4.74 Å². The summed E-state index contributed by atoms with van der Waals surface area (Å²) in [6.07, 6.45) is 0.407. The van der Waals surface area contributed by atoms with Crippen LogP contribution in [0.15, 0.2) is 12.1 Å². The van der Waals surface area contributed by atoms with Gasteiger partial charge in [-0.25, -0.2) is 4.79 Å². The average Bonchev–Trinajstić information content (AvgIpc) is 2.37. The lowest BCUT2D eigenvalue weighted by Gasteiger charge is -2.08. The molecule has 0 aliphatic rings. The summed E-state index contributed by atoms with van der Waals surface area (Å²) in [6.45, 7) is 3.51. The third-order valence-electron chi connectivity index (χ3n) is 2.39. The van der Waals surface area contributed by atoms with Crippen LogP contribution in [0.3, 0.4) is 0 Å². The first-order valence-corrected chi connectivity index (χ1v) is 5.43. The predicted molar refractivity (Wildman–Crippen MR) is 63.1 cm³/mol. The van der Waals surface area contributed by atoms with E-state index < -0.39 is 10.9 Å². The Morgan fingerprint density at radius 3 is 2.61 bits per heavy atom. The van der Waals surface area contributed by atoms with E-state index in [9.17, 15) is 14.9 Å². The van der Waals surface area contributed by atoms with Crippen LogP contribution in [-0.4, -0.2) is 17.5 Å². The van der Waals surface area contributed by atoms with E-state index in [-0.39, 0.29) is 23.4 Å². The molecule has 0 amide bonds. The standard InChI is InChI=1S/C12H12N2O4/c1-3-9-5-8(7-13)6-10(14(16)17)11(9)12(15)18-4-2/h5-6H,3-4H2,1-2H3. The number of esters is 1. The number of hydrogen-bond acceptors (Lipinski definition) is 5. The zero-order valence-electron chi connectivity index (χ0n) is 10.1. The summed E-state index contributed by atoms with van der Waals surface area (Å²) < 4.78 is 4.81. The minimum absolute atomic E-state index is 0.0663. The van der Waals surface area contributed by atoms with Gasteiger partial charge in [0, 0.05) is 6.07 Å². The second-order valence-corrected chi connectivity index (χ2v) is 3.47. The van der Waals surface area contributed by atoms with Crippen LogP contribution in [0, 0.1) is 21.4 Å². The van der Waals surface area contributed by atoms with Crippen molar-refractivity contribution >= 4 is 11.7 Å². The Bertz CT molecular complexity index is 532. The van der Waals surface area contributed by atoms with Crippen molar-refractivity contribution in [1.29, 1.82) is 5.26 Å². The van der Waals surface area contributed by atoms with Crippen molar-refractivity contribution in [2.75, 3.05) is 6.61 Å². The highest BCUT2D eigenvalue weighted by Gasteiger charge is 2.25. The monoisotopic (exact) mass is 248 g/mol. The minimum atomic E-state index is -0.731. The normalized spacial score (nSPS) is 9.61. The van der Waals surface area contributed by atoms with Gasteiger partial charge in [-0.2, -0.15) is 5.26 Å². The number of carbonyl (C=O) groups is 1. The van der Waals surface area contributed by atoms with E-state index in [1.165, 1.54) is 6.07 Å². The van der Waals surface area contributed by atoms with Crippen molar-refractivity contribution in [2.24, 2.45) is 0 Å². The highest BCUT2D eigenvalue weighted by Crippen LogP contribution is 2.26. The lowest BCUT2D eigenvalue weighted by molar-refractivity contribution is -0.385. The number of nitro benzene ring substituents is 1. The van der Waals surface area contributed by atoms with Crippen molar-refractivity contribution in [3.8, 4) is 6.07 Å². The first kappa shape index (κ1) is 13.6. The average molecular weight is 248 g/mol. The minimum Gasteiger partial charge on any atom is -0.462 e. The molecule has 18 heavy (non-hydrogen) atoms. The number of nitriles is 1. The first-order valence-electron chi connectivity index (χ1n) is 5.43. The highest BCUT2D eigenvalue weighted by atomic mass is 16.6. The maximum atomic E-state index is 11.7. The predicted octanol–water partition coefficient (Wildman–Crippen LogP) is 2.21. The van der Waals surface area contributed by atoms with Gasteiger partial charge in [-0.15, -0.1) is 0 Å². The summed E-state index contributed by atoms with van der Waals surface area (Å²) in [5.41, 5.74) is 0.151. The smallest absolute Gasteiger partial charge is 0.345 e. The van der Waals surface area contributed by atoms with Gasteiger partial charge in [-0.3, -0.25) is 10.1 Å². The molecule has 0 radical (unpaired) electrons. The summed E-state index contributed by atoms with van der Waals surface area (Å²) in [5.74, 6) is -0.731. The molecule has 0 aliphatic heterocycles. The number of rotatable bonds is 4. The second-order valence-electron chi connectivity index (χ2n) is 3.47. The van der Waals surface area contributed by atoms with E-state index in [1.54, 1.807) is 13.8 Å². The van der Waals surface area contributed by atoms with E-state index in [0.29, 0.717) is 12.0 Å². The molecule has 0 atom stereocenters. The van der Waals surface area contributed by atoms with Crippen LogP contribution >= 0.6 is 0 Å². The molecule has 0 aromatic heterocycles. The summed E-state index contributed by atoms with van der Waals surface area (Å²) in [6, 6.07) is 4.40. The SMILES string of the molecule is CCOC(=O)c1c(CC)cc(C#N)cc1[N+](=O)[O-]. The van der Waals surface area contributed by atoms with Gasteiger partial charge in [0.25, 0.3) is 5.69 Å². The molecule has 0 fully saturated rings. The van der Waals surface area contributed by atoms with E-state index in [4.69, 9.17) is 10.00 Å². The molecule has 0 aliphatic carbocycles. The van der Waals surface area contributed by atoms with Crippen LogP contribution in [0.5, 0.6) is 0 Å². The molecular formula is C12H12N2O4. The summed E-state index contributed by atoms with van der Waals surface area (Å²) in [7, 11) is 0. The van der Waals surface area contributed by atoms with Crippen molar-refractivity contribution in [1.82, 2.24) is 0 Å². The van der Waals surface area contributed by atoms with Crippen molar-refractivity contribution in [2.45, 2.75) is 20.3 Å². The van der Waals surface area contributed by atoms with Crippen LogP contribution in [0.25, 0.3) is 0 Å². The van der Waals surface area contributed by atoms with E-state index in [2.05, 4.69) is 0 Å². The van der Waals surface area contributed by atoms with Crippen molar-refractivity contribution in [3.63, 3.8) is 0 Å². The molecule has 0 saturated carbocycles. The topological polar surface area (TPSA) is 93.2 Å². The molecule has 0 N–H and O–H groups in total. The zero-order chi connectivity index (χ0) is 13.7. The molecule has 0 bridgehead atoms. The van der Waals surface area contributed by atoms with Gasteiger partial charge in [-0.1, -0.05) is 6.92 Å². The van der Waals surface area contributed by atoms with E-state index in [1.807, 2.05) is 6.07 Å². The van der Waals surface area contributed by atoms with Gasteiger partial charge in [0.05, 0.1) is 23.2 Å². The van der Waals surface area contributed by atoms with Gasteiger partial charge >= 0.3 is 5.97 Å². The molecule has 1 rings (SSSR count). The van der Waals surface area contributed by atoms with Gasteiger partial charge in [-0.05, 0) is 25.0 Å². The maximum Gasteiger partial charge on any atom is 0.345 e. The van der Waals surface area contributed by atoms with E-state index >= 15 is 0 Å². The van der Waals surface area contributed by atoms with E-state index in [0.717, 1.165) is 6.07 Å². The lowest BCUT2D eigenvalue weighted by atomic mass is 10.00. The quantitative estimate of drug-likeness (QED) is 0.462. The molecular weight excluding hydrogens is 236 g/mol. The number of carbonyl (C=O) groups excluding carboxylic acids is 1. The van der Waals surface area contributed by atoms with Crippen LogP contribution in [0.1, 0.15) is 35.3 Å². The molecule has 0 spiro atoms. The lowest BCUT2D eigenvalue weighted by Crippen LogP contribution is -2.11. The maximum absolute atomic E-state index is 11.7. The third-order valence-corrected chi connectivity index (χ3v) is 2.39. The molecule has 1 aromatic rings. The Labute approximate surface area is 104 Å². The molecule has 6 nitrogen and oxygen atoms in total. The Morgan fingerprint density at radius 2 is 2.17 bits per heavy atom. The molecule has 0 unspecified atom stereocenters. The van der Waals surface area contributed by atoms with Crippen LogP contribution in [-0.2, 0) is 11.2 Å².